The maximum Gasteiger partial charge on any atom is 0.248 e. The van der Waals surface area contributed by atoms with Crippen LogP contribution >= 0.6 is 0 Å². The zero-order valence-corrected chi connectivity index (χ0v) is 14.7. The average Bonchev–Trinajstić information content (AvgIpc) is 3.29. The second kappa shape index (κ2) is 6.71. The molecule has 1 atom stereocenters. The van der Waals surface area contributed by atoms with Crippen molar-refractivity contribution >= 4 is 17.4 Å². The minimum Gasteiger partial charge on any atom is -0.369 e. The molecule has 3 aromatic rings. The van der Waals surface area contributed by atoms with Gasteiger partial charge in [-0.2, -0.15) is 4.52 Å². The van der Waals surface area contributed by atoms with Crippen molar-refractivity contribution in [2.24, 2.45) is 0 Å². The Bertz CT molecular complexity index is 918. The Kier molecular flexibility index (Phi) is 4.25. The van der Waals surface area contributed by atoms with E-state index in [1.807, 2.05) is 24.7 Å². The quantitative estimate of drug-likeness (QED) is 0.634. The number of nitrogens with zero attached hydrogens (tertiary/aromatic N) is 8. The predicted molar refractivity (Wildman–Crippen MR) is 92.6 cm³/mol. The van der Waals surface area contributed by atoms with Crippen LogP contribution in [0.5, 0.6) is 0 Å². The second-order valence-corrected chi connectivity index (χ2v) is 6.46. The first-order valence-corrected chi connectivity index (χ1v) is 8.32. The van der Waals surface area contributed by atoms with Gasteiger partial charge in [0.05, 0.1) is 31.2 Å². The number of aromatic nitrogens is 6. The molecule has 1 unspecified atom stereocenters. The summed E-state index contributed by atoms with van der Waals surface area (Å²) >= 11 is 0. The highest BCUT2D eigenvalue weighted by atomic mass is 16.5. The molecule has 10 nitrogen and oxygen atoms in total. The number of rotatable bonds is 5. The number of hydrogen-bond donors (Lipinski definition) is 0. The van der Waals surface area contributed by atoms with Crippen LogP contribution in [0.25, 0.3) is 5.65 Å². The van der Waals surface area contributed by atoms with E-state index in [9.17, 15) is 4.79 Å². The number of ether oxygens (including phenoxy) is 1. The van der Waals surface area contributed by atoms with Crippen molar-refractivity contribution in [3.8, 4) is 0 Å². The summed E-state index contributed by atoms with van der Waals surface area (Å²) < 4.78 is 9.41. The van der Waals surface area contributed by atoms with Gasteiger partial charge in [0.15, 0.2) is 5.65 Å². The Morgan fingerprint density at radius 2 is 2.23 bits per heavy atom. The lowest BCUT2D eigenvalue weighted by Gasteiger charge is -2.35. The fourth-order valence-corrected chi connectivity index (χ4v) is 2.99. The number of imidazole rings is 1. The van der Waals surface area contributed by atoms with Crippen LogP contribution in [0, 0.1) is 0 Å². The molecule has 26 heavy (non-hydrogen) atoms. The molecule has 0 saturated carbocycles. The molecule has 4 heterocycles. The van der Waals surface area contributed by atoms with Gasteiger partial charge in [-0.15, -0.1) is 15.3 Å². The lowest BCUT2D eigenvalue weighted by molar-refractivity contribution is -0.133. The van der Waals surface area contributed by atoms with E-state index in [0.717, 1.165) is 11.5 Å². The molecular weight excluding hydrogens is 336 g/mol. The van der Waals surface area contributed by atoms with E-state index in [4.69, 9.17) is 4.74 Å². The topological polar surface area (TPSA) is 93.7 Å². The van der Waals surface area contributed by atoms with Gasteiger partial charge >= 0.3 is 0 Å². The first-order valence-electron chi connectivity index (χ1n) is 8.32. The fraction of sp³-hybridized carbons (Fsp3) is 0.438. The molecule has 0 bridgehead atoms. The van der Waals surface area contributed by atoms with Crippen molar-refractivity contribution in [1.29, 1.82) is 0 Å². The van der Waals surface area contributed by atoms with Gasteiger partial charge in [-0.05, 0) is 12.1 Å². The van der Waals surface area contributed by atoms with E-state index in [2.05, 4.69) is 29.7 Å². The van der Waals surface area contributed by atoms with Crippen molar-refractivity contribution in [3.63, 3.8) is 0 Å². The van der Waals surface area contributed by atoms with Crippen molar-refractivity contribution < 1.29 is 9.53 Å². The Morgan fingerprint density at radius 1 is 1.35 bits per heavy atom. The number of carbonyl (C=O) groups excluding carboxylic acids is 1. The highest BCUT2D eigenvalue weighted by Crippen LogP contribution is 2.25. The third kappa shape index (κ3) is 3.10. The maximum absolute atomic E-state index is 11.7. The zero-order chi connectivity index (χ0) is 18.1. The molecule has 0 spiro atoms. The highest BCUT2D eigenvalue weighted by Gasteiger charge is 2.26. The molecule has 0 fully saturated rings. The summed E-state index contributed by atoms with van der Waals surface area (Å²) in [6.45, 7) is 1.90. The van der Waals surface area contributed by atoms with E-state index in [0.29, 0.717) is 25.3 Å². The lowest BCUT2D eigenvalue weighted by atomic mass is 10.2. The van der Waals surface area contributed by atoms with Gasteiger partial charge in [0, 0.05) is 26.8 Å². The number of hydrogen-bond acceptors (Lipinski definition) is 7. The van der Waals surface area contributed by atoms with E-state index in [1.165, 1.54) is 4.90 Å². The van der Waals surface area contributed by atoms with Gasteiger partial charge in [-0.1, -0.05) is 0 Å². The first kappa shape index (κ1) is 16.5. The van der Waals surface area contributed by atoms with Crippen LogP contribution in [0.15, 0.2) is 31.0 Å². The number of fused-ring (bicyclic) bond motifs is 2. The van der Waals surface area contributed by atoms with Gasteiger partial charge < -0.3 is 19.1 Å². The van der Waals surface area contributed by atoms with E-state index < -0.39 is 0 Å². The molecule has 3 aromatic heterocycles. The number of anilines is 1. The largest absolute Gasteiger partial charge is 0.369 e. The molecule has 136 valence electrons. The lowest BCUT2D eigenvalue weighted by Crippen LogP contribution is -2.40. The summed E-state index contributed by atoms with van der Waals surface area (Å²) in [5.74, 6) is 0.780. The molecule has 0 radical (unpaired) electrons. The van der Waals surface area contributed by atoms with Crippen LogP contribution in [0.4, 0.5) is 5.82 Å². The monoisotopic (exact) mass is 356 g/mol. The highest BCUT2D eigenvalue weighted by molar-refractivity contribution is 5.76. The van der Waals surface area contributed by atoms with Gasteiger partial charge in [0.1, 0.15) is 18.8 Å². The van der Waals surface area contributed by atoms with Crippen LogP contribution in [-0.4, -0.2) is 74.0 Å². The van der Waals surface area contributed by atoms with Crippen LogP contribution in [-0.2, 0) is 16.1 Å². The van der Waals surface area contributed by atoms with Gasteiger partial charge in [-0.25, -0.2) is 4.98 Å². The molecule has 0 N–H and O–H groups in total. The molecule has 4 rings (SSSR count). The van der Waals surface area contributed by atoms with Gasteiger partial charge in [0.2, 0.25) is 5.91 Å². The Labute approximate surface area is 150 Å². The van der Waals surface area contributed by atoms with Gasteiger partial charge in [-0.3, -0.25) is 4.79 Å². The summed E-state index contributed by atoms with van der Waals surface area (Å²) in [6.07, 6.45) is 5.24. The smallest absolute Gasteiger partial charge is 0.248 e. The van der Waals surface area contributed by atoms with E-state index >= 15 is 0 Å². The summed E-state index contributed by atoms with van der Waals surface area (Å²) in [5, 5.41) is 12.4. The third-order valence-corrected chi connectivity index (χ3v) is 4.43. The van der Waals surface area contributed by atoms with Crippen LogP contribution in [0.3, 0.4) is 0 Å². The molecule has 1 aliphatic heterocycles. The number of carbonyl (C=O) groups is 1. The Hall–Kier alpha value is -3.01. The van der Waals surface area contributed by atoms with Gasteiger partial charge in [0.25, 0.3) is 0 Å². The van der Waals surface area contributed by atoms with E-state index in [-0.39, 0.29) is 18.6 Å². The molecule has 1 amide bonds. The molecule has 0 aromatic carbocycles. The SMILES string of the molecule is CN(C)C(=O)COCC1CN(c2ccc3nncn3n2)Cc2cncn21. The molecular formula is C16H20N8O2. The number of likely N-dealkylation sites (N-methyl/N-ethyl adjacent to an activating group) is 1. The Morgan fingerprint density at radius 3 is 3.08 bits per heavy atom. The maximum atomic E-state index is 11.7. The fourth-order valence-electron chi connectivity index (χ4n) is 2.99. The van der Waals surface area contributed by atoms with E-state index in [1.54, 1.807) is 24.9 Å². The van der Waals surface area contributed by atoms with Crippen LogP contribution in [0.1, 0.15) is 11.7 Å². The molecule has 0 aliphatic carbocycles. The summed E-state index contributed by atoms with van der Waals surface area (Å²) in [4.78, 5) is 19.7. The minimum atomic E-state index is -0.0525. The second-order valence-electron chi connectivity index (χ2n) is 6.46. The van der Waals surface area contributed by atoms with Crippen LogP contribution in [0.2, 0.25) is 0 Å². The standard InChI is InChI=1S/C16H20N8O2/c1-21(2)16(25)9-26-8-13-7-22(6-12-5-17-10-23(12)13)15-4-3-14-19-18-11-24(14)20-15/h3-5,10-11,13H,6-9H2,1-2H3. The first-order chi connectivity index (χ1) is 12.6. The number of amides is 1. The van der Waals surface area contributed by atoms with Crippen molar-refractivity contribution in [3.05, 3.63) is 36.7 Å². The van der Waals surface area contributed by atoms with Crippen molar-refractivity contribution in [1.82, 2.24) is 34.3 Å². The summed E-state index contributed by atoms with van der Waals surface area (Å²) in [7, 11) is 3.43. The molecule has 0 saturated heterocycles. The normalized spacial score (nSPS) is 16.7. The minimum absolute atomic E-state index is 0.0506. The third-order valence-electron chi connectivity index (χ3n) is 4.43. The van der Waals surface area contributed by atoms with Crippen molar-refractivity contribution in [2.75, 3.05) is 38.8 Å². The molecule has 1 aliphatic rings. The van der Waals surface area contributed by atoms with Crippen LogP contribution < -0.4 is 4.90 Å². The predicted octanol–water partition coefficient (Wildman–Crippen LogP) is -0.0131. The Balaban J connectivity index is 1.51. The zero-order valence-electron chi connectivity index (χ0n) is 14.7. The van der Waals surface area contributed by atoms with Crippen molar-refractivity contribution in [2.45, 2.75) is 12.6 Å². The average molecular weight is 356 g/mol. The molecule has 10 heteroatoms. The summed E-state index contributed by atoms with van der Waals surface area (Å²) in [5.41, 5.74) is 1.78. The summed E-state index contributed by atoms with van der Waals surface area (Å²) in [6, 6.07) is 3.88.